The van der Waals surface area contributed by atoms with Crippen LogP contribution in [-0.2, 0) is 11.3 Å². The molecule has 1 aromatic carbocycles. The molecule has 0 radical (unpaired) electrons. The third-order valence-electron chi connectivity index (χ3n) is 2.46. The Morgan fingerprint density at radius 2 is 2.18 bits per heavy atom. The molecule has 0 aliphatic heterocycles. The summed E-state index contributed by atoms with van der Waals surface area (Å²) in [6, 6.07) is 5.40. The van der Waals surface area contributed by atoms with Gasteiger partial charge in [0.15, 0.2) is 11.5 Å². The molecule has 0 saturated heterocycles. The topological polar surface area (TPSA) is 50.7 Å². The highest BCUT2D eigenvalue weighted by molar-refractivity contribution is 5.41. The fourth-order valence-electron chi connectivity index (χ4n) is 1.61. The molecule has 0 fully saturated rings. The van der Waals surface area contributed by atoms with E-state index in [4.69, 9.17) is 9.47 Å². The van der Waals surface area contributed by atoms with Crippen LogP contribution in [0.5, 0.6) is 11.5 Å². The van der Waals surface area contributed by atoms with Crippen molar-refractivity contribution in [3.63, 3.8) is 0 Å². The van der Waals surface area contributed by atoms with Crippen molar-refractivity contribution in [2.75, 3.05) is 20.3 Å². The van der Waals surface area contributed by atoms with Gasteiger partial charge in [-0.2, -0.15) is 0 Å². The van der Waals surface area contributed by atoms with Crippen LogP contribution < -0.4 is 10.1 Å². The highest BCUT2D eigenvalue weighted by Gasteiger charge is 2.03. The number of hydrogen-bond donors (Lipinski definition) is 2. The van der Waals surface area contributed by atoms with E-state index in [1.54, 1.807) is 12.1 Å². The molecule has 2 N–H and O–H groups in total. The van der Waals surface area contributed by atoms with E-state index in [9.17, 15) is 5.11 Å². The standard InChI is InChI=1S/C13H21NO3/c1-4-17-10(2)8-14-9-11-5-6-13(16-3)12(15)7-11/h5-7,10,14-15H,4,8-9H2,1-3H3. The van der Waals surface area contributed by atoms with Crippen molar-refractivity contribution in [1.82, 2.24) is 5.32 Å². The molecule has 4 nitrogen and oxygen atoms in total. The average molecular weight is 239 g/mol. The Labute approximate surface area is 103 Å². The zero-order valence-electron chi connectivity index (χ0n) is 10.7. The van der Waals surface area contributed by atoms with E-state index in [1.807, 2.05) is 19.9 Å². The first kappa shape index (κ1) is 13.8. The molecule has 4 heteroatoms. The highest BCUT2D eigenvalue weighted by Crippen LogP contribution is 2.25. The van der Waals surface area contributed by atoms with Gasteiger partial charge in [-0.05, 0) is 31.5 Å². The number of rotatable bonds is 7. The quantitative estimate of drug-likeness (QED) is 0.763. The molecular formula is C13H21NO3. The maximum absolute atomic E-state index is 9.61. The summed E-state index contributed by atoms with van der Waals surface area (Å²) in [6.45, 7) is 6.24. The van der Waals surface area contributed by atoms with Crippen LogP contribution in [0.2, 0.25) is 0 Å². The molecule has 1 rings (SSSR count). The molecule has 0 bridgehead atoms. The number of aromatic hydroxyl groups is 1. The maximum atomic E-state index is 9.61. The van der Waals surface area contributed by atoms with E-state index in [0.717, 1.165) is 18.7 Å². The fraction of sp³-hybridized carbons (Fsp3) is 0.538. The van der Waals surface area contributed by atoms with Crippen molar-refractivity contribution in [2.45, 2.75) is 26.5 Å². The SMILES string of the molecule is CCOC(C)CNCc1ccc(OC)c(O)c1. The lowest BCUT2D eigenvalue weighted by molar-refractivity contribution is 0.0759. The zero-order valence-corrected chi connectivity index (χ0v) is 10.7. The lowest BCUT2D eigenvalue weighted by atomic mass is 10.2. The van der Waals surface area contributed by atoms with Crippen molar-refractivity contribution in [3.05, 3.63) is 23.8 Å². The second-order valence-electron chi connectivity index (χ2n) is 3.90. The van der Waals surface area contributed by atoms with E-state index in [-0.39, 0.29) is 11.9 Å². The molecule has 96 valence electrons. The van der Waals surface area contributed by atoms with Gasteiger partial charge in [0.2, 0.25) is 0 Å². The van der Waals surface area contributed by atoms with E-state index in [2.05, 4.69) is 5.32 Å². The van der Waals surface area contributed by atoms with Gasteiger partial charge in [0.25, 0.3) is 0 Å². The van der Waals surface area contributed by atoms with Gasteiger partial charge in [0, 0.05) is 19.7 Å². The van der Waals surface area contributed by atoms with Gasteiger partial charge in [-0.1, -0.05) is 6.07 Å². The van der Waals surface area contributed by atoms with Gasteiger partial charge >= 0.3 is 0 Å². The first-order valence-electron chi connectivity index (χ1n) is 5.85. The average Bonchev–Trinajstić information content (AvgIpc) is 2.29. The summed E-state index contributed by atoms with van der Waals surface area (Å²) >= 11 is 0. The van der Waals surface area contributed by atoms with Crippen LogP contribution in [-0.4, -0.2) is 31.5 Å². The van der Waals surface area contributed by atoms with Gasteiger partial charge in [0.1, 0.15) is 0 Å². The molecule has 0 saturated carbocycles. The van der Waals surface area contributed by atoms with Crippen LogP contribution in [0.3, 0.4) is 0 Å². The third kappa shape index (κ3) is 4.63. The molecule has 1 aromatic rings. The summed E-state index contributed by atoms with van der Waals surface area (Å²) in [6.07, 6.45) is 0.201. The molecule has 0 aliphatic rings. The number of benzene rings is 1. The van der Waals surface area contributed by atoms with E-state index >= 15 is 0 Å². The minimum absolute atomic E-state index is 0.171. The Morgan fingerprint density at radius 3 is 2.76 bits per heavy atom. The number of phenolic OH excluding ortho intramolecular Hbond substituents is 1. The molecular weight excluding hydrogens is 218 g/mol. The van der Waals surface area contributed by atoms with Crippen LogP contribution in [0, 0.1) is 0 Å². The van der Waals surface area contributed by atoms with E-state index in [1.165, 1.54) is 7.11 Å². The molecule has 0 aliphatic carbocycles. The maximum Gasteiger partial charge on any atom is 0.160 e. The van der Waals surface area contributed by atoms with Gasteiger partial charge in [-0.3, -0.25) is 0 Å². The minimum atomic E-state index is 0.171. The van der Waals surface area contributed by atoms with Gasteiger partial charge < -0.3 is 19.9 Å². The summed E-state index contributed by atoms with van der Waals surface area (Å²) < 4.78 is 10.4. The van der Waals surface area contributed by atoms with Crippen molar-refractivity contribution in [2.24, 2.45) is 0 Å². The zero-order chi connectivity index (χ0) is 12.7. The Kier molecular flexibility index (Phi) is 5.80. The molecule has 0 spiro atoms. The molecule has 0 amide bonds. The Bertz CT molecular complexity index is 341. The molecule has 1 atom stereocenters. The van der Waals surface area contributed by atoms with Crippen LogP contribution in [0.1, 0.15) is 19.4 Å². The highest BCUT2D eigenvalue weighted by atomic mass is 16.5. The molecule has 0 aromatic heterocycles. The van der Waals surface area contributed by atoms with Crippen LogP contribution in [0.15, 0.2) is 18.2 Å². The van der Waals surface area contributed by atoms with Crippen LogP contribution >= 0.6 is 0 Å². The van der Waals surface area contributed by atoms with Crippen LogP contribution in [0.25, 0.3) is 0 Å². The van der Waals surface area contributed by atoms with Gasteiger partial charge in [0.05, 0.1) is 13.2 Å². The second-order valence-corrected chi connectivity index (χ2v) is 3.90. The number of hydrogen-bond acceptors (Lipinski definition) is 4. The van der Waals surface area contributed by atoms with E-state index < -0.39 is 0 Å². The largest absolute Gasteiger partial charge is 0.504 e. The van der Waals surface area contributed by atoms with Crippen LogP contribution in [0.4, 0.5) is 0 Å². The van der Waals surface area contributed by atoms with Crippen molar-refractivity contribution in [3.8, 4) is 11.5 Å². The van der Waals surface area contributed by atoms with Gasteiger partial charge in [-0.15, -0.1) is 0 Å². The molecule has 1 unspecified atom stereocenters. The summed E-state index contributed by atoms with van der Waals surface area (Å²) in [4.78, 5) is 0. The predicted molar refractivity (Wildman–Crippen MR) is 67.5 cm³/mol. The second kappa shape index (κ2) is 7.14. The smallest absolute Gasteiger partial charge is 0.160 e. The summed E-state index contributed by atoms with van der Waals surface area (Å²) in [5.74, 6) is 0.668. The summed E-state index contributed by atoms with van der Waals surface area (Å²) in [7, 11) is 1.54. The monoisotopic (exact) mass is 239 g/mol. The number of phenols is 1. The first-order chi connectivity index (χ1) is 8.17. The van der Waals surface area contributed by atoms with Crippen molar-refractivity contribution < 1.29 is 14.6 Å². The number of methoxy groups -OCH3 is 1. The lowest BCUT2D eigenvalue weighted by Crippen LogP contribution is -2.26. The van der Waals surface area contributed by atoms with Gasteiger partial charge in [-0.25, -0.2) is 0 Å². The normalized spacial score (nSPS) is 12.4. The summed E-state index contributed by atoms with van der Waals surface area (Å²) in [5, 5.41) is 12.9. The Balaban J connectivity index is 2.39. The Hall–Kier alpha value is -1.26. The lowest BCUT2D eigenvalue weighted by Gasteiger charge is -2.13. The third-order valence-corrected chi connectivity index (χ3v) is 2.46. The minimum Gasteiger partial charge on any atom is -0.504 e. The Morgan fingerprint density at radius 1 is 1.41 bits per heavy atom. The van der Waals surface area contributed by atoms with E-state index in [0.29, 0.717) is 12.3 Å². The summed E-state index contributed by atoms with van der Waals surface area (Å²) in [5.41, 5.74) is 1.02. The predicted octanol–water partition coefficient (Wildman–Crippen LogP) is 1.92. The first-order valence-corrected chi connectivity index (χ1v) is 5.85. The number of nitrogens with one attached hydrogen (secondary N) is 1. The fourth-order valence-corrected chi connectivity index (χ4v) is 1.61. The van der Waals surface area contributed by atoms with Crippen molar-refractivity contribution in [1.29, 1.82) is 0 Å². The number of ether oxygens (including phenoxy) is 2. The van der Waals surface area contributed by atoms with Crippen molar-refractivity contribution >= 4 is 0 Å². The molecule has 0 heterocycles. The molecule has 17 heavy (non-hydrogen) atoms.